The highest BCUT2D eigenvalue weighted by atomic mass is 35.5. The van der Waals surface area contributed by atoms with Gasteiger partial charge in [0, 0.05) is 46.0 Å². The molecule has 43 heavy (non-hydrogen) atoms. The van der Waals surface area contributed by atoms with Crippen LogP contribution in [0.1, 0.15) is 53.6 Å². The van der Waals surface area contributed by atoms with Crippen molar-refractivity contribution in [3.05, 3.63) is 98.6 Å². The number of fused-ring (bicyclic) bond motifs is 4. The predicted octanol–water partition coefficient (Wildman–Crippen LogP) is 6.65. The number of hydrogen-bond donors (Lipinski definition) is 0. The highest BCUT2D eigenvalue weighted by molar-refractivity contribution is 6.31. The molecule has 1 saturated carbocycles. The Kier molecular flexibility index (Phi) is 5.82. The lowest BCUT2D eigenvalue weighted by Crippen LogP contribution is -2.29. The third kappa shape index (κ3) is 4.35. The van der Waals surface area contributed by atoms with Crippen LogP contribution in [0.15, 0.2) is 70.6 Å². The monoisotopic (exact) mass is 606 g/mol. The molecule has 4 heterocycles. The number of nitrogens with zero attached hydrogens (tertiary/aromatic N) is 6. The molecule has 218 valence electrons. The smallest absolute Gasteiger partial charge is 0.303 e. The standard InChI is InChI=1S/C31H23ClF4N6O/c32-20-5-6-26(41-14-37-39-40-41)21(11-20)18-9-27-23-12-24(23)29(42(27)28(43)10-18)25-13-22(30(33)38-25)17-2-1-16-8-19(31(34,35)36)4-3-15(16)7-17/h1-2,5-7,9-11,14,19,23-24,29H,3-4,8,12-13H2/t19?,23-,24+,29+/m1/s1. The molecular formula is C31H23ClF4N6O. The average molecular weight is 607 g/mol. The van der Waals surface area contributed by atoms with Crippen LogP contribution in [0.2, 0.25) is 5.02 Å². The molecule has 12 heteroatoms. The summed E-state index contributed by atoms with van der Waals surface area (Å²) in [5, 5.41) is 11.9. The molecule has 1 fully saturated rings. The van der Waals surface area contributed by atoms with Crippen LogP contribution in [0.25, 0.3) is 22.4 Å². The van der Waals surface area contributed by atoms with Gasteiger partial charge in [0.05, 0.1) is 17.6 Å². The van der Waals surface area contributed by atoms with Crippen molar-refractivity contribution >= 4 is 22.9 Å². The van der Waals surface area contributed by atoms with Gasteiger partial charge in [-0.1, -0.05) is 29.8 Å². The summed E-state index contributed by atoms with van der Waals surface area (Å²) in [4.78, 5) is 18.0. The maximum absolute atomic E-state index is 15.4. The zero-order chi connectivity index (χ0) is 29.6. The van der Waals surface area contributed by atoms with E-state index in [9.17, 15) is 18.0 Å². The Hall–Kier alpha value is -4.12. The third-order valence-corrected chi connectivity index (χ3v) is 9.54. The molecule has 0 saturated heterocycles. The third-order valence-electron chi connectivity index (χ3n) is 9.30. The van der Waals surface area contributed by atoms with E-state index in [0.717, 1.165) is 17.7 Å². The first-order valence-corrected chi connectivity index (χ1v) is 14.5. The maximum Gasteiger partial charge on any atom is 0.392 e. The Labute approximate surface area is 247 Å². The van der Waals surface area contributed by atoms with Crippen LogP contribution in [0.3, 0.4) is 0 Å². The van der Waals surface area contributed by atoms with Gasteiger partial charge in [-0.25, -0.2) is 4.99 Å². The minimum atomic E-state index is -4.22. The molecule has 2 aliphatic heterocycles. The van der Waals surface area contributed by atoms with E-state index in [1.807, 2.05) is 12.1 Å². The van der Waals surface area contributed by atoms with Gasteiger partial charge in [-0.05, 0) is 88.5 Å². The molecule has 0 N–H and O–H groups in total. The van der Waals surface area contributed by atoms with Gasteiger partial charge >= 0.3 is 6.18 Å². The quantitative estimate of drug-likeness (QED) is 0.192. The highest BCUT2D eigenvalue weighted by Gasteiger charge is 2.55. The van der Waals surface area contributed by atoms with E-state index >= 15 is 4.39 Å². The summed E-state index contributed by atoms with van der Waals surface area (Å²) in [5.74, 6) is -1.64. The number of allylic oxidation sites excluding steroid dienone is 1. The van der Waals surface area contributed by atoms with Gasteiger partial charge in [0.2, 0.25) is 5.95 Å². The number of benzene rings is 2. The second-order valence-corrected chi connectivity index (χ2v) is 12.2. The zero-order valence-corrected chi connectivity index (χ0v) is 23.3. The molecule has 2 aliphatic carbocycles. The van der Waals surface area contributed by atoms with E-state index in [-0.39, 0.29) is 42.7 Å². The number of aryl methyl sites for hydroxylation is 1. The summed E-state index contributed by atoms with van der Waals surface area (Å²) >= 11 is 6.33. The first-order chi connectivity index (χ1) is 20.7. The number of pyridine rings is 1. The van der Waals surface area contributed by atoms with Gasteiger partial charge in [-0.15, -0.1) is 5.10 Å². The molecule has 4 aromatic rings. The predicted molar refractivity (Wildman–Crippen MR) is 152 cm³/mol. The van der Waals surface area contributed by atoms with E-state index < -0.39 is 18.0 Å². The Balaban J connectivity index is 1.09. The largest absolute Gasteiger partial charge is 0.392 e. The first-order valence-electron chi connectivity index (χ1n) is 14.1. The summed E-state index contributed by atoms with van der Waals surface area (Å²) in [5.41, 5.74) is 5.87. The van der Waals surface area contributed by atoms with Crippen molar-refractivity contribution in [1.29, 1.82) is 0 Å². The Bertz CT molecular complexity index is 1930. The lowest BCUT2D eigenvalue weighted by molar-refractivity contribution is -0.177. The minimum Gasteiger partial charge on any atom is -0.303 e. The van der Waals surface area contributed by atoms with Gasteiger partial charge in [0.25, 0.3) is 5.56 Å². The average Bonchev–Trinajstić information content (AvgIpc) is 3.28. The molecule has 0 amide bonds. The molecule has 0 spiro atoms. The first kappa shape index (κ1) is 26.5. The SMILES string of the molecule is O=c1cc(-c2cc(Cl)ccc2-n2cnnn2)cc2n1[C@H](C1=NC(F)=C(c3ccc4c(c3)CCC(C(F)(F)F)C4)C1)[C@H]1C[C@@H]21. The summed E-state index contributed by atoms with van der Waals surface area (Å²) in [6, 6.07) is 13.7. The van der Waals surface area contributed by atoms with Crippen LogP contribution >= 0.6 is 11.6 Å². The van der Waals surface area contributed by atoms with Crippen molar-refractivity contribution in [1.82, 2.24) is 24.8 Å². The van der Waals surface area contributed by atoms with Crippen LogP contribution in [0, 0.1) is 11.8 Å². The number of tetrazole rings is 1. The van der Waals surface area contributed by atoms with Gasteiger partial charge < -0.3 is 4.57 Å². The lowest BCUT2D eigenvalue weighted by atomic mass is 9.82. The number of hydrogen-bond acceptors (Lipinski definition) is 5. The summed E-state index contributed by atoms with van der Waals surface area (Å²) in [7, 11) is 0. The summed E-state index contributed by atoms with van der Waals surface area (Å²) < 4.78 is 58.4. The second kappa shape index (κ2) is 9.44. The van der Waals surface area contributed by atoms with Crippen molar-refractivity contribution in [2.45, 2.75) is 50.2 Å². The molecule has 7 nitrogen and oxygen atoms in total. The normalized spacial score (nSPS) is 24.1. The molecule has 4 aliphatic rings. The Morgan fingerprint density at radius 3 is 2.65 bits per heavy atom. The molecule has 2 aromatic carbocycles. The highest BCUT2D eigenvalue weighted by Crippen LogP contribution is 2.60. The molecule has 8 rings (SSSR count). The van der Waals surface area contributed by atoms with Gasteiger partial charge in [-0.2, -0.15) is 22.2 Å². The molecule has 0 radical (unpaired) electrons. The minimum absolute atomic E-state index is 0.0302. The van der Waals surface area contributed by atoms with Crippen LogP contribution < -0.4 is 5.56 Å². The number of alkyl halides is 3. The second-order valence-electron chi connectivity index (χ2n) is 11.8. The van der Waals surface area contributed by atoms with Gasteiger partial charge in [-0.3, -0.25) is 4.79 Å². The number of aromatic nitrogens is 5. The maximum atomic E-state index is 15.4. The topological polar surface area (TPSA) is 78.0 Å². The fourth-order valence-electron chi connectivity index (χ4n) is 7.14. The summed E-state index contributed by atoms with van der Waals surface area (Å²) in [6.45, 7) is 0. The van der Waals surface area contributed by atoms with Crippen molar-refractivity contribution in [2.75, 3.05) is 0 Å². The Morgan fingerprint density at radius 1 is 1.00 bits per heavy atom. The van der Waals surface area contributed by atoms with Gasteiger partial charge in [0.1, 0.15) is 6.33 Å². The number of rotatable bonds is 4. The molecule has 4 atom stereocenters. The van der Waals surface area contributed by atoms with Crippen LogP contribution in [0.4, 0.5) is 17.6 Å². The Morgan fingerprint density at radius 2 is 1.86 bits per heavy atom. The number of aliphatic imine (C=N–C) groups is 1. The van der Waals surface area contributed by atoms with E-state index in [1.54, 1.807) is 41.0 Å². The number of halogens is 5. The fourth-order valence-corrected chi connectivity index (χ4v) is 7.31. The van der Waals surface area contributed by atoms with E-state index in [1.165, 1.54) is 11.0 Å². The van der Waals surface area contributed by atoms with E-state index in [0.29, 0.717) is 50.7 Å². The van der Waals surface area contributed by atoms with Crippen LogP contribution in [0.5, 0.6) is 0 Å². The molecular weight excluding hydrogens is 584 g/mol. The van der Waals surface area contributed by atoms with Crippen molar-refractivity contribution < 1.29 is 17.6 Å². The molecule has 1 unspecified atom stereocenters. The van der Waals surface area contributed by atoms with Crippen LogP contribution in [-0.4, -0.2) is 36.7 Å². The van der Waals surface area contributed by atoms with Gasteiger partial charge in [0.15, 0.2) is 0 Å². The van der Waals surface area contributed by atoms with Crippen molar-refractivity contribution in [3.8, 4) is 16.8 Å². The molecule has 2 aromatic heterocycles. The van der Waals surface area contributed by atoms with Crippen LogP contribution in [-0.2, 0) is 12.8 Å². The summed E-state index contributed by atoms with van der Waals surface area (Å²) in [6.07, 6.45) is -1.35. The zero-order valence-electron chi connectivity index (χ0n) is 22.5. The van der Waals surface area contributed by atoms with E-state index in [4.69, 9.17) is 11.6 Å². The molecule has 0 bridgehead atoms. The lowest BCUT2D eigenvalue weighted by Gasteiger charge is -2.27. The van der Waals surface area contributed by atoms with Crippen molar-refractivity contribution in [2.24, 2.45) is 16.8 Å². The van der Waals surface area contributed by atoms with E-state index in [2.05, 4.69) is 20.5 Å². The van der Waals surface area contributed by atoms with Crippen molar-refractivity contribution in [3.63, 3.8) is 0 Å². The fraction of sp³-hybridized carbons (Fsp3) is 0.323.